The van der Waals surface area contributed by atoms with E-state index in [1.165, 1.54) is 6.07 Å². The molecule has 0 radical (unpaired) electrons. The van der Waals surface area contributed by atoms with Gasteiger partial charge in [-0.3, -0.25) is 9.48 Å². The van der Waals surface area contributed by atoms with Crippen LogP contribution in [0.3, 0.4) is 0 Å². The van der Waals surface area contributed by atoms with E-state index in [-0.39, 0.29) is 17.7 Å². The third-order valence-corrected chi connectivity index (χ3v) is 6.94. The van der Waals surface area contributed by atoms with E-state index in [4.69, 9.17) is 11.3 Å². The van der Waals surface area contributed by atoms with Crippen LogP contribution < -0.4 is 5.32 Å². The van der Waals surface area contributed by atoms with Gasteiger partial charge in [-0.1, -0.05) is 6.07 Å². The van der Waals surface area contributed by atoms with Gasteiger partial charge in [-0.2, -0.15) is 18.3 Å². The monoisotopic (exact) mass is 517 g/mol. The highest BCUT2D eigenvalue weighted by Crippen LogP contribution is 2.42. The number of rotatable bonds is 4. The molecule has 2 fully saturated rings. The Morgan fingerprint density at radius 2 is 1.86 bits per heavy atom. The lowest BCUT2D eigenvalue weighted by Gasteiger charge is -2.40. The van der Waals surface area contributed by atoms with Gasteiger partial charge < -0.3 is 15.0 Å². The average molecular weight is 518 g/mol. The maximum Gasteiger partial charge on any atom is 0.410 e. The molecule has 1 aromatic heterocycles. The molecular weight excluding hydrogens is 487 g/mol. The maximum absolute atomic E-state index is 13.4. The predicted octanol–water partition coefficient (Wildman–Crippen LogP) is 6.09. The predicted molar refractivity (Wildman–Crippen MR) is 130 cm³/mol. The Morgan fingerprint density at radius 3 is 2.41 bits per heavy atom. The average Bonchev–Trinajstić information content (AvgIpc) is 3.27. The summed E-state index contributed by atoms with van der Waals surface area (Å²) in [7, 11) is 0. The second kappa shape index (κ2) is 9.72. The van der Waals surface area contributed by atoms with Crippen molar-refractivity contribution in [2.45, 2.75) is 76.1 Å². The number of carbonyl (C=O) groups is 2. The van der Waals surface area contributed by atoms with E-state index in [0.29, 0.717) is 25.9 Å². The number of halogens is 3. The van der Waals surface area contributed by atoms with Crippen molar-refractivity contribution in [1.82, 2.24) is 14.7 Å². The van der Waals surface area contributed by atoms with E-state index in [9.17, 15) is 22.8 Å². The van der Waals surface area contributed by atoms with Crippen LogP contribution in [0.1, 0.15) is 69.9 Å². The molecule has 0 unspecified atom stereocenters. The van der Waals surface area contributed by atoms with Crippen molar-refractivity contribution in [3.8, 4) is 0 Å². The SMILES string of the molecule is [C-]#[N+]c1ccc(NC(=O)C2(n3cc(C4CCN(C(=O)OC(C)(C)C)CC4)cn3)CCC2)cc1C(F)(F)F. The Bertz CT molecular complexity index is 1210. The number of alkyl halides is 3. The topological polar surface area (TPSA) is 80.8 Å². The number of amides is 2. The van der Waals surface area contributed by atoms with Crippen LogP contribution in [-0.2, 0) is 21.2 Å². The van der Waals surface area contributed by atoms with E-state index in [2.05, 4.69) is 15.3 Å². The van der Waals surface area contributed by atoms with Gasteiger partial charge in [0.1, 0.15) is 11.1 Å². The molecule has 2 heterocycles. The number of nitrogens with one attached hydrogen (secondary N) is 1. The van der Waals surface area contributed by atoms with Gasteiger partial charge in [0, 0.05) is 25.0 Å². The molecule has 2 amide bonds. The fourth-order valence-corrected chi connectivity index (χ4v) is 4.76. The third-order valence-electron chi connectivity index (χ3n) is 6.94. The molecule has 1 aliphatic carbocycles. The number of likely N-dealkylation sites (tertiary alicyclic amines) is 1. The van der Waals surface area contributed by atoms with Gasteiger partial charge in [-0.05, 0) is 76.5 Å². The molecule has 1 N–H and O–H groups in total. The minimum absolute atomic E-state index is 0.0158. The van der Waals surface area contributed by atoms with Gasteiger partial charge >= 0.3 is 12.3 Å². The highest BCUT2D eigenvalue weighted by Gasteiger charge is 2.47. The lowest BCUT2D eigenvalue weighted by molar-refractivity contribution is -0.137. The van der Waals surface area contributed by atoms with Crippen LogP contribution in [0.4, 0.5) is 29.3 Å². The smallest absolute Gasteiger partial charge is 0.410 e. The molecule has 11 heteroatoms. The van der Waals surface area contributed by atoms with Crippen molar-refractivity contribution in [3.63, 3.8) is 0 Å². The van der Waals surface area contributed by atoms with Gasteiger partial charge in [0.15, 0.2) is 5.69 Å². The first kappa shape index (κ1) is 26.5. The molecule has 0 spiro atoms. The summed E-state index contributed by atoms with van der Waals surface area (Å²) in [5.41, 5.74) is -2.19. The fraction of sp³-hybridized carbons (Fsp3) is 0.538. The molecular formula is C26H30F3N5O3. The number of ether oxygens (including phenoxy) is 1. The molecule has 1 saturated heterocycles. The number of aromatic nitrogens is 2. The van der Waals surface area contributed by atoms with Crippen molar-refractivity contribution in [3.05, 3.63) is 53.1 Å². The summed E-state index contributed by atoms with van der Waals surface area (Å²) in [5, 5.41) is 7.08. The summed E-state index contributed by atoms with van der Waals surface area (Å²) >= 11 is 0. The molecule has 2 aliphatic rings. The molecule has 1 aliphatic heterocycles. The van der Waals surface area contributed by atoms with Gasteiger partial charge in [-0.15, -0.1) is 0 Å². The van der Waals surface area contributed by atoms with Gasteiger partial charge in [0.25, 0.3) is 5.91 Å². The molecule has 1 saturated carbocycles. The van der Waals surface area contributed by atoms with E-state index in [0.717, 1.165) is 37.0 Å². The molecule has 4 rings (SSSR count). The highest BCUT2D eigenvalue weighted by molar-refractivity contribution is 5.97. The summed E-state index contributed by atoms with van der Waals surface area (Å²) in [5.74, 6) is -0.264. The first-order valence-corrected chi connectivity index (χ1v) is 12.3. The molecule has 0 bridgehead atoms. The van der Waals surface area contributed by atoms with Crippen LogP contribution in [-0.4, -0.2) is 45.4 Å². The quantitative estimate of drug-likeness (QED) is 0.498. The van der Waals surface area contributed by atoms with Crippen molar-refractivity contribution < 1.29 is 27.5 Å². The van der Waals surface area contributed by atoms with Crippen LogP contribution in [0.5, 0.6) is 0 Å². The van der Waals surface area contributed by atoms with Gasteiger partial charge in [0.05, 0.1) is 18.3 Å². The second-order valence-corrected chi connectivity index (χ2v) is 10.6. The number of anilines is 1. The number of piperidine rings is 1. The second-order valence-electron chi connectivity index (χ2n) is 10.6. The summed E-state index contributed by atoms with van der Waals surface area (Å²) in [6, 6.07) is 3.17. The van der Waals surface area contributed by atoms with E-state index >= 15 is 0 Å². The van der Waals surface area contributed by atoms with Crippen LogP contribution >= 0.6 is 0 Å². The Hall–Kier alpha value is -3.55. The number of benzene rings is 1. The van der Waals surface area contributed by atoms with Crippen molar-refractivity contribution in [2.75, 3.05) is 18.4 Å². The molecule has 1 aromatic carbocycles. The first-order chi connectivity index (χ1) is 17.3. The van der Waals surface area contributed by atoms with Gasteiger partial charge in [0.2, 0.25) is 0 Å². The maximum atomic E-state index is 13.4. The van der Waals surface area contributed by atoms with Crippen LogP contribution in [0.2, 0.25) is 0 Å². The summed E-state index contributed by atoms with van der Waals surface area (Å²) in [6.45, 7) is 13.6. The summed E-state index contributed by atoms with van der Waals surface area (Å²) < 4.78 is 47.1. The number of hydrogen-bond donors (Lipinski definition) is 1. The zero-order chi connectivity index (χ0) is 27.0. The van der Waals surface area contributed by atoms with Crippen LogP contribution in [0.25, 0.3) is 4.85 Å². The molecule has 37 heavy (non-hydrogen) atoms. The van der Waals surface area contributed by atoms with E-state index in [1.54, 1.807) is 15.8 Å². The number of nitrogens with zero attached hydrogens (tertiary/aromatic N) is 4. The largest absolute Gasteiger partial charge is 0.444 e. The molecule has 0 atom stereocenters. The Labute approximate surface area is 213 Å². The Balaban J connectivity index is 1.45. The van der Waals surface area contributed by atoms with Crippen molar-refractivity contribution in [1.29, 1.82) is 0 Å². The normalized spacial score (nSPS) is 18.0. The first-order valence-electron chi connectivity index (χ1n) is 12.3. The Morgan fingerprint density at radius 1 is 1.19 bits per heavy atom. The fourth-order valence-electron chi connectivity index (χ4n) is 4.76. The van der Waals surface area contributed by atoms with Crippen molar-refractivity contribution in [2.24, 2.45) is 0 Å². The van der Waals surface area contributed by atoms with E-state index in [1.807, 2.05) is 27.0 Å². The van der Waals surface area contributed by atoms with Crippen LogP contribution in [0.15, 0.2) is 30.6 Å². The highest BCUT2D eigenvalue weighted by atomic mass is 19.4. The summed E-state index contributed by atoms with van der Waals surface area (Å²) in [4.78, 5) is 30.2. The lowest BCUT2D eigenvalue weighted by Crippen LogP contribution is -2.51. The third kappa shape index (κ3) is 5.58. The van der Waals surface area contributed by atoms with Gasteiger partial charge in [-0.25, -0.2) is 9.64 Å². The summed E-state index contributed by atoms with van der Waals surface area (Å²) in [6.07, 6.45) is 1.84. The minimum Gasteiger partial charge on any atom is -0.444 e. The molecule has 8 nitrogen and oxygen atoms in total. The van der Waals surface area contributed by atoms with E-state index < -0.39 is 34.5 Å². The van der Waals surface area contributed by atoms with Crippen molar-refractivity contribution >= 4 is 23.4 Å². The number of carbonyl (C=O) groups excluding carboxylic acids is 2. The lowest BCUT2D eigenvalue weighted by atomic mass is 9.76. The molecule has 2 aromatic rings. The number of hydrogen-bond acceptors (Lipinski definition) is 4. The zero-order valence-electron chi connectivity index (χ0n) is 21.1. The molecule has 198 valence electrons. The standard InChI is InChI=1S/C26H30F3N5O3/c1-24(2,3)37-23(36)33-12-8-17(9-13-33)18-15-31-34(16-18)25(10-5-11-25)22(35)32-19-6-7-21(30-4)20(14-19)26(27,28)29/h6-7,14-17H,5,8-13H2,1-3H3,(H,32,35). The van der Waals surface area contributed by atoms with Crippen LogP contribution in [0, 0.1) is 6.57 Å². The zero-order valence-corrected chi connectivity index (χ0v) is 21.1. The minimum atomic E-state index is -4.70. The Kier molecular flexibility index (Phi) is 6.97.